The molecule has 0 unspecified atom stereocenters. The Labute approximate surface area is 889 Å². The molecule has 136 heavy (non-hydrogen) atoms. The minimum absolute atomic E-state index is 0.0123. The van der Waals surface area contributed by atoms with Gasteiger partial charge in [-0.05, 0) is 345 Å². The molecule has 0 saturated heterocycles. The van der Waals surface area contributed by atoms with Gasteiger partial charge in [-0.25, -0.2) is 0 Å². The van der Waals surface area contributed by atoms with Crippen LogP contribution in [0.2, 0.25) is 0 Å². The lowest BCUT2D eigenvalue weighted by molar-refractivity contribution is -0.163. The molecule has 17 heteroatoms. The Kier molecular flexibility index (Phi) is 86.0. The second kappa shape index (κ2) is 73.0. The highest BCUT2D eigenvalue weighted by Crippen LogP contribution is 2.35. The lowest BCUT2D eigenvalue weighted by Crippen LogP contribution is -2.43. The molecule has 0 saturated carbocycles. The number of hydrogen-bond donors (Lipinski definition) is 4. The van der Waals surface area contributed by atoms with Gasteiger partial charge in [-0.2, -0.15) is 47.0 Å². The van der Waals surface area contributed by atoms with E-state index in [1.54, 1.807) is 0 Å². The lowest BCUT2D eigenvalue weighted by atomic mass is 9.85. The molecule has 0 aliphatic rings. The Morgan fingerprint density at radius 3 is 0.640 bits per heavy atom. The Morgan fingerprint density at radius 2 is 0.397 bits per heavy atom. The summed E-state index contributed by atoms with van der Waals surface area (Å²) in [4.78, 5) is 2.67. The van der Waals surface area contributed by atoms with Gasteiger partial charge in [-0.15, -0.1) is 23.5 Å². The molecule has 0 aromatic rings. The first kappa shape index (κ1) is 160. The van der Waals surface area contributed by atoms with Gasteiger partial charge in [-0.3, -0.25) is 4.90 Å². The summed E-state index contributed by atoms with van der Waals surface area (Å²) >= 11 is 12.1. The predicted molar refractivity (Wildman–Crippen MR) is 648 cm³/mol. The zero-order valence-corrected chi connectivity index (χ0v) is 112. The average molecular weight is 2050 g/mol. The first-order chi connectivity index (χ1) is 58.9. The van der Waals surface area contributed by atoms with E-state index in [4.69, 9.17) is 28.4 Å². The maximum Gasteiger partial charge on any atom is 0.148 e. The zero-order chi connectivity index (χ0) is 111. The van der Waals surface area contributed by atoms with Crippen LogP contribution in [0.1, 0.15) is 548 Å². The van der Waals surface area contributed by atoms with Gasteiger partial charge in [-0.1, -0.05) is 262 Å². The fraction of sp³-hybridized carbons (Fsp3) is 1.00. The number of thioether (sulfide) groups is 6. The third kappa shape index (κ3) is 208. The van der Waals surface area contributed by atoms with Crippen LogP contribution in [0.4, 0.5) is 0 Å². The molecule has 0 rings (SSSR count). The van der Waals surface area contributed by atoms with Crippen LogP contribution in [0.15, 0.2) is 0 Å². The van der Waals surface area contributed by atoms with Crippen LogP contribution >= 0.6 is 70.6 Å². The van der Waals surface area contributed by atoms with Crippen molar-refractivity contribution in [2.24, 2.45) is 32.5 Å². The van der Waals surface area contributed by atoms with E-state index in [2.05, 4.69) is 444 Å². The van der Waals surface area contributed by atoms with Crippen molar-refractivity contribution in [3.63, 3.8) is 0 Å². The van der Waals surface area contributed by atoms with Gasteiger partial charge in [0.2, 0.25) is 0 Å². The van der Waals surface area contributed by atoms with Gasteiger partial charge >= 0.3 is 0 Å². The molecule has 0 radical (unpaired) electrons. The average Bonchev–Trinajstić information content (AvgIpc) is 0.879. The van der Waals surface area contributed by atoms with Crippen LogP contribution in [0.5, 0.6) is 0 Å². The van der Waals surface area contributed by atoms with Crippen molar-refractivity contribution in [3.8, 4) is 0 Å². The summed E-state index contributed by atoms with van der Waals surface area (Å²) in [5.74, 6) is 4.82. The van der Waals surface area contributed by atoms with Crippen LogP contribution in [0.3, 0.4) is 0 Å². The summed E-state index contributed by atoms with van der Waals surface area (Å²) in [7, 11) is 0. The van der Waals surface area contributed by atoms with Gasteiger partial charge in [0.25, 0.3) is 0 Å². The van der Waals surface area contributed by atoms with Crippen LogP contribution in [-0.4, -0.2) is 195 Å². The molecule has 4 N–H and O–H groups in total. The van der Waals surface area contributed by atoms with Crippen molar-refractivity contribution >= 4 is 70.6 Å². The maximum absolute atomic E-state index is 5.60. The van der Waals surface area contributed by atoms with E-state index in [1.807, 2.05) is 130 Å². The molecular formula is C119H265N5O6S6. The van der Waals surface area contributed by atoms with E-state index in [0.717, 1.165) is 45.1 Å². The summed E-state index contributed by atoms with van der Waals surface area (Å²) in [6.07, 6.45) is 14.6. The molecule has 0 aromatic heterocycles. The molecule has 0 aromatic carbocycles. The van der Waals surface area contributed by atoms with Crippen LogP contribution < -0.4 is 21.3 Å². The van der Waals surface area contributed by atoms with E-state index in [1.165, 1.54) is 106 Å². The Hall–Kier alpha value is 1.66. The smallest absolute Gasteiger partial charge is 0.148 e. The third-order valence-electron chi connectivity index (χ3n) is 17.1. The Morgan fingerprint density at radius 1 is 0.184 bits per heavy atom. The normalized spacial score (nSPS) is 13.6. The summed E-state index contributed by atoms with van der Waals surface area (Å²) in [6.45, 7) is 163. The van der Waals surface area contributed by atoms with Crippen LogP contribution in [0.25, 0.3) is 0 Å². The molecular weight excluding hydrogens is 1790 g/mol. The van der Waals surface area contributed by atoms with Gasteiger partial charge in [0.15, 0.2) is 0 Å². The number of nitrogens with zero attached hydrogens (tertiary/aromatic N) is 1. The topological polar surface area (TPSA) is 107 Å². The fourth-order valence-corrected chi connectivity index (χ4v) is 16.6. The lowest BCUT2D eigenvalue weighted by Gasteiger charge is -2.37. The molecule has 11 nitrogen and oxygen atoms in total. The largest absolute Gasteiger partial charge is 0.375 e. The molecule has 0 atom stereocenters. The number of unbranched alkanes of at least 4 members (excludes halogenated alkanes) is 1. The second-order valence-electron chi connectivity index (χ2n) is 61.4. The van der Waals surface area contributed by atoms with Gasteiger partial charge in [0.05, 0.1) is 60.0 Å². The van der Waals surface area contributed by atoms with Crippen molar-refractivity contribution in [3.05, 3.63) is 0 Å². The van der Waals surface area contributed by atoms with Crippen LogP contribution in [0, 0.1) is 32.5 Å². The Bertz CT molecular complexity index is 2090. The first-order valence-corrected chi connectivity index (χ1v) is 59.2. The van der Waals surface area contributed by atoms with E-state index in [9.17, 15) is 0 Å². The monoisotopic (exact) mass is 2050 g/mol. The zero-order valence-electron chi connectivity index (χ0n) is 107. The second-order valence-corrected chi connectivity index (χ2v) is 73.1. The number of hydrogen-bond acceptors (Lipinski definition) is 17. The standard InChI is InChI=1S/C18H39N.C12H26.C11H25N.C10H23NO.C10H23NS.C10H23N.C10H22O2.C10H22OS.C10H22S2.C9H20O2.C9H20S2/c1-16(2,3)12-10-14-19(18(7,8)9)15-11-13-17(4,5)6;1-11(2,3)9-7-8-10-12(4,5)6;1-10(2,3)8-7-9-12-11(4,5)6;2*1-9(2,3)11-7-8-12-10(4,5)6;1-9(2,3)7-8-11-10(4,5)6;3*1-9(2,3)11-7-8-12-10(4,5)6;2*1-8(2,3)10-7-11-9(4,5)6/h10-15H2,1-9H3;7-10H2,1-6H3;12H,7-9H2,1-6H3;2*11H,7-8H2,1-6H3;11H,7-8H2,1-6H3;3*7-8H2,1-6H3;2*7H2,1-6H3. The highest BCUT2D eigenvalue weighted by atomic mass is 32.2. The molecule has 0 aliphatic heterocycles. The maximum atomic E-state index is 5.60. The molecule has 0 heterocycles. The van der Waals surface area contributed by atoms with E-state index < -0.39 is 0 Å². The molecule has 0 fully saturated rings. The van der Waals surface area contributed by atoms with Crippen molar-refractivity contribution in [1.29, 1.82) is 0 Å². The minimum Gasteiger partial charge on any atom is -0.375 e. The van der Waals surface area contributed by atoms with Gasteiger partial charge in [0.1, 0.15) is 6.79 Å². The fourth-order valence-electron chi connectivity index (χ4n) is 10.0. The van der Waals surface area contributed by atoms with E-state index in [-0.39, 0.29) is 55.8 Å². The number of ether oxygens (including phenoxy) is 6. The first-order valence-electron chi connectivity index (χ1n) is 53.3. The molecule has 0 aliphatic carbocycles. The highest BCUT2D eigenvalue weighted by Gasteiger charge is 2.26. The minimum atomic E-state index is -0.106. The third-order valence-corrected chi connectivity index (χ3v) is 25.1. The molecule has 0 spiro atoms. The van der Waals surface area contributed by atoms with Crippen LogP contribution in [-0.2, 0) is 28.4 Å². The predicted octanol–water partition coefficient (Wildman–Crippen LogP) is 38.1. The Balaban J connectivity index is -0.000000141. The highest BCUT2D eigenvalue weighted by molar-refractivity contribution is 8.17. The SMILES string of the molecule is CC(C)(C)CCCCC(C)(C)C.CC(C)(C)CCCN(CCCC(C)(C)C)C(C)(C)C.CC(C)(C)CCCNC(C)(C)C.CC(C)(C)CCNC(C)(C)C.CC(C)(C)NCCOC(C)(C)C.CC(C)(C)NCCSC(C)(C)C.CC(C)(C)OCCOC(C)(C)C.CC(C)(C)OCCSC(C)(C)C.CC(C)(C)OCOC(C)(C)C.CC(C)(C)SCCSC(C)(C)C.CC(C)(C)SCSC(C)(C)C. The van der Waals surface area contributed by atoms with Crippen molar-refractivity contribution < 1.29 is 28.4 Å². The van der Waals surface area contributed by atoms with Crippen molar-refractivity contribution in [2.45, 2.75) is 638 Å². The van der Waals surface area contributed by atoms with Gasteiger partial charge < -0.3 is 49.7 Å². The quantitative estimate of drug-likeness (QED) is 0.0370. The number of rotatable bonds is 33. The van der Waals surface area contributed by atoms with Crippen molar-refractivity contribution in [1.82, 2.24) is 26.2 Å². The molecule has 838 valence electrons. The molecule has 0 amide bonds. The summed E-state index contributed by atoms with van der Waals surface area (Å²) in [6, 6.07) is 0. The summed E-state index contributed by atoms with van der Waals surface area (Å²) in [5.41, 5.74) is 3.91. The van der Waals surface area contributed by atoms with E-state index >= 15 is 0 Å². The van der Waals surface area contributed by atoms with E-state index in [0.29, 0.717) is 86.5 Å². The van der Waals surface area contributed by atoms with Gasteiger partial charge in [0, 0.05) is 97.4 Å². The van der Waals surface area contributed by atoms with Crippen molar-refractivity contribution in [2.75, 3.05) is 101 Å². The summed E-state index contributed by atoms with van der Waals surface area (Å²) < 4.78 is 35.4. The molecule has 0 bridgehead atoms. The summed E-state index contributed by atoms with van der Waals surface area (Å²) in [5, 5.41) is 15.0. The number of nitrogens with one attached hydrogen (secondary N) is 4.